The number of halogens is 2. The molecule has 0 radical (unpaired) electrons. The minimum Gasteiger partial charge on any atom is -0.497 e. The Kier molecular flexibility index (Phi) is 6.87. The van der Waals surface area contributed by atoms with Crippen molar-refractivity contribution in [2.24, 2.45) is 0 Å². The fourth-order valence-electron chi connectivity index (χ4n) is 3.36. The summed E-state index contributed by atoms with van der Waals surface area (Å²) in [5.41, 5.74) is 4.63. The monoisotopic (exact) mass is 481 g/mol. The predicted molar refractivity (Wildman–Crippen MR) is 130 cm³/mol. The van der Waals surface area contributed by atoms with E-state index in [-0.39, 0.29) is 5.91 Å². The number of aromatic nitrogens is 2. The molecule has 2 N–H and O–H groups in total. The van der Waals surface area contributed by atoms with Crippen LogP contribution in [0.2, 0.25) is 10.0 Å². The smallest absolute Gasteiger partial charge is 0.251 e. The van der Waals surface area contributed by atoms with E-state index in [0.29, 0.717) is 33.7 Å². The van der Waals surface area contributed by atoms with Crippen molar-refractivity contribution >= 4 is 29.1 Å². The molecule has 1 amide bonds. The lowest BCUT2D eigenvalue weighted by Gasteiger charge is -2.10. The first-order valence-electron chi connectivity index (χ1n) is 10.1. The van der Waals surface area contributed by atoms with Crippen LogP contribution in [0, 0.1) is 0 Å². The number of hydrogen-bond donors (Lipinski definition) is 2. The molecule has 1 aromatic heterocycles. The van der Waals surface area contributed by atoms with E-state index in [4.69, 9.17) is 32.7 Å². The zero-order valence-corrected chi connectivity index (χ0v) is 19.5. The number of nitrogens with one attached hydrogen (secondary N) is 2. The van der Waals surface area contributed by atoms with Gasteiger partial charge in [0.25, 0.3) is 5.91 Å². The molecule has 0 saturated heterocycles. The van der Waals surface area contributed by atoms with Crippen LogP contribution in [0.15, 0.2) is 66.7 Å². The molecule has 1 heterocycles. The van der Waals surface area contributed by atoms with E-state index < -0.39 is 0 Å². The number of nitrogens with zero attached hydrogens (tertiary/aromatic N) is 1. The summed E-state index contributed by atoms with van der Waals surface area (Å²) in [5, 5.41) is 11.4. The summed E-state index contributed by atoms with van der Waals surface area (Å²) in [5.74, 6) is 1.15. The third kappa shape index (κ3) is 5.30. The number of ether oxygens (including phenoxy) is 2. The first kappa shape index (κ1) is 22.7. The molecule has 0 unspecified atom stereocenters. The topological polar surface area (TPSA) is 76.2 Å². The lowest BCUT2D eigenvalue weighted by molar-refractivity contribution is 0.0951. The molecule has 4 aromatic rings. The van der Waals surface area contributed by atoms with Crippen LogP contribution in [-0.4, -0.2) is 30.3 Å². The molecule has 8 heteroatoms. The predicted octanol–water partition coefficient (Wildman–Crippen LogP) is 6.00. The minimum atomic E-state index is -0.181. The van der Waals surface area contributed by atoms with Crippen molar-refractivity contribution in [2.75, 3.05) is 14.2 Å². The Morgan fingerprint density at radius 1 is 0.939 bits per heavy atom. The van der Waals surface area contributed by atoms with Crippen LogP contribution in [0.3, 0.4) is 0 Å². The van der Waals surface area contributed by atoms with Crippen molar-refractivity contribution in [2.45, 2.75) is 6.54 Å². The molecule has 0 saturated carbocycles. The Morgan fingerprint density at radius 2 is 1.64 bits per heavy atom. The average Bonchev–Trinajstić information content (AvgIpc) is 3.32. The van der Waals surface area contributed by atoms with Crippen LogP contribution in [0.4, 0.5) is 0 Å². The molecule has 0 aliphatic carbocycles. The second kappa shape index (κ2) is 9.98. The van der Waals surface area contributed by atoms with Gasteiger partial charge in [0.2, 0.25) is 0 Å². The van der Waals surface area contributed by atoms with E-state index in [0.717, 1.165) is 28.1 Å². The van der Waals surface area contributed by atoms with E-state index in [1.807, 2.05) is 36.4 Å². The average molecular weight is 482 g/mol. The molecule has 0 aliphatic rings. The molecule has 0 fully saturated rings. The highest BCUT2D eigenvalue weighted by molar-refractivity contribution is 6.36. The van der Waals surface area contributed by atoms with Gasteiger partial charge in [0.1, 0.15) is 11.5 Å². The summed E-state index contributed by atoms with van der Waals surface area (Å²) in [4.78, 5) is 12.6. The molecule has 0 atom stereocenters. The number of amides is 1. The maximum Gasteiger partial charge on any atom is 0.251 e. The highest BCUT2D eigenvalue weighted by Gasteiger charge is 2.11. The third-order valence-electron chi connectivity index (χ3n) is 5.11. The molecule has 0 spiro atoms. The molecular formula is C25H21Cl2N3O3. The maximum absolute atomic E-state index is 12.6. The van der Waals surface area contributed by atoms with E-state index in [9.17, 15) is 4.79 Å². The van der Waals surface area contributed by atoms with Gasteiger partial charge >= 0.3 is 0 Å². The summed E-state index contributed by atoms with van der Waals surface area (Å²) >= 11 is 12.3. The molecule has 0 bridgehead atoms. The number of carbonyl (C=O) groups excluding carboxylic acids is 1. The quantitative estimate of drug-likeness (QED) is 0.339. The van der Waals surface area contributed by atoms with Gasteiger partial charge in [-0.15, -0.1) is 0 Å². The highest BCUT2D eigenvalue weighted by Crippen LogP contribution is 2.31. The van der Waals surface area contributed by atoms with Gasteiger partial charge in [-0.2, -0.15) is 5.10 Å². The van der Waals surface area contributed by atoms with Gasteiger partial charge in [-0.25, -0.2) is 0 Å². The molecule has 0 aliphatic heterocycles. The lowest BCUT2D eigenvalue weighted by atomic mass is 10.1. The Bertz CT molecular complexity index is 1260. The zero-order valence-electron chi connectivity index (χ0n) is 18.0. The first-order chi connectivity index (χ1) is 16.0. The van der Waals surface area contributed by atoms with E-state index >= 15 is 0 Å². The van der Waals surface area contributed by atoms with Crippen LogP contribution >= 0.6 is 23.2 Å². The maximum atomic E-state index is 12.6. The fourth-order valence-corrected chi connectivity index (χ4v) is 3.87. The van der Waals surface area contributed by atoms with Crippen LogP contribution < -0.4 is 14.8 Å². The highest BCUT2D eigenvalue weighted by atomic mass is 35.5. The van der Waals surface area contributed by atoms with Crippen LogP contribution in [0.5, 0.6) is 11.5 Å². The van der Waals surface area contributed by atoms with E-state index in [1.165, 1.54) is 0 Å². The summed E-state index contributed by atoms with van der Waals surface area (Å²) < 4.78 is 10.5. The van der Waals surface area contributed by atoms with Gasteiger partial charge in [-0.3, -0.25) is 9.89 Å². The summed E-state index contributed by atoms with van der Waals surface area (Å²) in [6.45, 7) is 0.346. The third-order valence-corrected chi connectivity index (χ3v) is 5.65. The number of rotatable bonds is 7. The molecule has 6 nitrogen and oxygen atoms in total. The Morgan fingerprint density at radius 3 is 2.27 bits per heavy atom. The number of H-pyrrole nitrogens is 1. The zero-order chi connectivity index (χ0) is 23.4. The largest absolute Gasteiger partial charge is 0.497 e. The van der Waals surface area contributed by atoms with E-state index in [2.05, 4.69) is 15.5 Å². The van der Waals surface area contributed by atoms with Gasteiger partial charge in [0, 0.05) is 34.3 Å². The fraction of sp³-hybridized carbons (Fsp3) is 0.120. The Hall–Kier alpha value is -3.48. The van der Waals surface area contributed by atoms with Gasteiger partial charge in [0.05, 0.1) is 30.6 Å². The molecule has 4 rings (SSSR count). The number of methoxy groups -OCH3 is 2. The van der Waals surface area contributed by atoms with Gasteiger partial charge < -0.3 is 14.8 Å². The number of benzene rings is 3. The van der Waals surface area contributed by atoms with Crippen molar-refractivity contribution in [1.82, 2.24) is 15.5 Å². The van der Waals surface area contributed by atoms with Gasteiger partial charge in [0.15, 0.2) is 0 Å². The van der Waals surface area contributed by atoms with Crippen molar-refractivity contribution in [3.63, 3.8) is 0 Å². The van der Waals surface area contributed by atoms with Crippen LogP contribution in [-0.2, 0) is 6.54 Å². The molecule has 168 valence electrons. The van der Waals surface area contributed by atoms with Crippen LogP contribution in [0.25, 0.3) is 22.5 Å². The van der Waals surface area contributed by atoms with Crippen LogP contribution in [0.1, 0.15) is 15.9 Å². The number of carbonyl (C=O) groups is 1. The van der Waals surface area contributed by atoms with Crippen molar-refractivity contribution in [3.05, 3.63) is 87.9 Å². The lowest BCUT2D eigenvalue weighted by Crippen LogP contribution is -2.22. The Balaban J connectivity index is 1.44. The minimum absolute atomic E-state index is 0.181. The number of aromatic amines is 1. The molecule has 3 aromatic carbocycles. The SMILES string of the molecule is COc1cc(CNC(=O)c2ccc(-c3cc(-c4ccc(Cl)cc4Cl)[nH]n3)cc2)cc(OC)c1. The van der Waals surface area contributed by atoms with E-state index in [1.54, 1.807) is 44.6 Å². The van der Waals surface area contributed by atoms with Crippen molar-refractivity contribution in [3.8, 4) is 34.0 Å². The van der Waals surface area contributed by atoms with Crippen molar-refractivity contribution in [1.29, 1.82) is 0 Å². The Labute approximate surface area is 201 Å². The summed E-state index contributed by atoms with van der Waals surface area (Å²) in [7, 11) is 3.18. The van der Waals surface area contributed by atoms with Gasteiger partial charge in [-0.05, 0) is 54.1 Å². The van der Waals surface area contributed by atoms with Gasteiger partial charge in [-0.1, -0.05) is 35.3 Å². The summed E-state index contributed by atoms with van der Waals surface area (Å²) in [6, 6.07) is 19.9. The first-order valence-corrected chi connectivity index (χ1v) is 10.8. The normalized spacial score (nSPS) is 10.7. The summed E-state index contributed by atoms with van der Waals surface area (Å²) in [6.07, 6.45) is 0. The molecular weight excluding hydrogens is 461 g/mol. The molecule has 33 heavy (non-hydrogen) atoms. The second-order valence-electron chi connectivity index (χ2n) is 7.27. The van der Waals surface area contributed by atoms with Crippen molar-refractivity contribution < 1.29 is 14.3 Å². The standard InChI is InChI=1S/C25H21Cl2N3O3/c1-32-19-9-15(10-20(12-19)33-2)14-28-25(31)17-5-3-16(4-6-17)23-13-24(30-29-23)21-8-7-18(26)11-22(21)27/h3-13H,14H2,1-2H3,(H,28,31)(H,29,30). The number of hydrogen-bond acceptors (Lipinski definition) is 4. The second-order valence-corrected chi connectivity index (χ2v) is 8.12.